The Kier molecular flexibility index (Phi) is 5.96. The maximum absolute atomic E-state index is 12.8. The van der Waals surface area contributed by atoms with Crippen molar-refractivity contribution in [2.75, 3.05) is 27.2 Å². The molecule has 1 saturated heterocycles. The number of aromatic nitrogens is 1. The van der Waals surface area contributed by atoms with Crippen molar-refractivity contribution >= 4 is 15.9 Å². The van der Waals surface area contributed by atoms with Crippen LogP contribution in [-0.2, 0) is 16.2 Å². The number of aryl methyl sites for hydroxylation is 1. The monoisotopic (exact) mass is 445 g/mol. The van der Waals surface area contributed by atoms with Crippen LogP contribution in [-0.4, -0.2) is 55.7 Å². The molecule has 0 unspecified atom stereocenters. The number of hydrogen-bond acceptors (Lipinski definition) is 5. The average molecular weight is 445 g/mol. The Labute approximate surface area is 172 Å². The zero-order valence-electron chi connectivity index (χ0n) is 16.7. The van der Waals surface area contributed by atoms with E-state index in [0.29, 0.717) is 24.5 Å². The standard InChI is InChI=1S/C19H22F3N3O4S/c1-12-16(18(26)24(2)3)23-17(29-12)13-8-10-25(11-9-13)30(27,28)15-6-4-14(5-7-15)19(20,21)22/h4-7,13H,8-11H2,1-3H3. The van der Waals surface area contributed by atoms with Crippen LogP contribution in [0.3, 0.4) is 0 Å². The summed E-state index contributed by atoms with van der Waals surface area (Å²) in [6, 6.07) is 3.47. The van der Waals surface area contributed by atoms with Crippen molar-refractivity contribution in [2.24, 2.45) is 0 Å². The fourth-order valence-electron chi connectivity index (χ4n) is 3.31. The number of carbonyl (C=O) groups is 1. The van der Waals surface area contributed by atoms with Gasteiger partial charge in [-0.15, -0.1) is 0 Å². The van der Waals surface area contributed by atoms with E-state index in [1.165, 1.54) is 9.21 Å². The van der Waals surface area contributed by atoms with E-state index >= 15 is 0 Å². The number of carbonyl (C=O) groups excluding carboxylic acids is 1. The lowest BCUT2D eigenvalue weighted by Gasteiger charge is -2.29. The topological polar surface area (TPSA) is 83.7 Å². The molecule has 2 heterocycles. The molecular formula is C19H22F3N3O4S. The summed E-state index contributed by atoms with van der Waals surface area (Å²) in [7, 11) is -0.680. The van der Waals surface area contributed by atoms with Crippen LogP contribution in [0, 0.1) is 6.92 Å². The molecule has 30 heavy (non-hydrogen) atoms. The second kappa shape index (κ2) is 8.03. The number of nitrogens with zero attached hydrogens (tertiary/aromatic N) is 3. The minimum absolute atomic E-state index is 0.147. The molecule has 0 atom stereocenters. The van der Waals surface area contributed by atoms with Crippen LogP contribution in [0.4, 0.5) is 13.2 Å². The second-order valence-corrected chi connectivity index (χ2v) is 9.29. The van der Waals surface area contributed by atoms with Crippen LogP contribution in [0.2, 0.25) is 0 Å². The molecule has 0 bridgehead atoms. The number of halogens is 3. The lowest BCUT2D eigenvalue weighted by atomic mass is 9.98. The molecule has 164 valence electrons. The van der Waals surface area contributed by atoms with Gasteiger partial charge < -0.3 is 9.32 Å². The molecule has 1 aromatic carbocycles. The van der Waals surface area contributed by atoms with Crippen molar-refractivity contribution < 1.29 is 30.8 Å². The Balaban J connectivity index is 1.71. The molecule has 0 spiro atoms. The van der Waals surface area contributed by atoms with Crippen molar-refractivity contribution in [3.05, 3.63) is 47.2 Å². The van der Waals surface area contributed by atoms with Crippen molar-refractivity contribution in [1.29, 1.82) is 0 Å². The highest BCUT2D eigenvalue weighted by molar-refractivity contribution is 7.89. The van der Waals surface area contributed by atoms with Gasteiger partial charge in [0.1, 0.15) is 5.76 Å². The van der Waals surface area contributed by atoms with E-state index in [1.54, 1.807) is 21.0 Å². The molecule has 3 rings (SSSR count). The van der Waals surface area contributed by atoms with Crippen molar-refractivity contribution in [3.63, 3.8) is 0 Å². The molecule has 7 nitrogen and oxygen atoms in total. The number of piperidine rings is 1. The fourth-order valence-corrected chi connectivity index (χ4v) is 4.78. The van der Waals surface area contributed by atoms with Gasteiger partial charge in [-0.3, -0.25) is 4.79 Å². The highest BCUT2D eigenvalue weighted by Gasteiger charge is 2.34. The van der Waals surface area contributed by atoms with Gasteiger partial charge in [0, 0.05) is 33.1 Å². The summed E-state index contributed by atoms with van der Waals surface area (Å²) in [5, 5.41) is 0. The molecule has 0 radical (unpaired) electrons. The fraction of sp³-hybridized carbons (Fsp3) is 0.474. The third kappa shape index (κ3) is 4.36. The van der Waals surface area contributed by atoms with Gasteiger partial charge in [-0.25, -0.2) is 13.4 Å². The van der Waals surface area contributed by atoms with Crippen LogP contribution in [0.15, 0.2) is 33.6 Å². The minimum Gasteiger partial charge on any atom is -0.445 e. The summed E-state index contributed by atoms with van der Waals surface area (Å²) < 4.78 is 70.5. The van der Waals surface area contributed by atoms with Gasteiger partial charge in [-0.05, 0) is 44.0 Å². The molecule has 1 amide bonds. The summed E-state index contributed by atoms with van der Waals surface area (Å²) in [6.07, 6.45) is -3.67. The first-order chi connectivity index (χ1) is 13.9. The predicted molar refractivity (Wildman–Crippen MR) is 101 cm³/mol. The summed E-state index contributed by atoms with van der Waals surface area (Å²) in [5.41, 5.74) is -0.669. The van der Waals surface area contributed by atoms with E-state index < -0.39 is 21.8 Å². The molecule has 0 aliphatic carbocycles. The second-order valence-electron chi connectivity index (χ2n) is 7.36. The van der Waals surface area contributed by atoms with Gasteiger partial charge in [0.25, 0.3) is 5.91 Å². The van der Waals surface area contributed by atoms with Crippen LogP contribution < -0.4 is 0 Å². The Morgan fingerprint density at radius 2 is 1.73 bits per heavy atom. The zero-order valence-corrected chi connectivity index (χ0v) is 17.5. The number of hydrogen-bond donors (Lipinski definition) is 0. The van der Waals surface area contributed by atoms with Crippen LogP contribution in [0.25, 0.3) is 0 Å². The van der Waals surface area contributed by atoms with Crippen LogP contribution >= 0.6 is 0 Å². The maximum Gasteiger partial charge on any atom is 0.416 e. The Morgan fingerprint density at radius 1 is 1.17 bits per heavy atom. The van der Waals surface area contributed by atoms with E-state index in [4.69, 9.17) is 4.42 Å². The van der Waals surface area contributed by atoms with E-state index in [1.807, 2.05) is 0 Å². The van der Waals surface area contributed by atoms with Gasteiger partial charge >= 0.3 is 6.18 Å². The first-order valence-electron chi connectivity index (χ1n) is 9.27. The SMILES string of the molecule is Cc1oc(C2CCN(S(=O)(=O)c3ccc(C(F)(F)F)cc3)CC2)nc1C(=O)N(C)C. The zero-order chi connectivity index (χ0) is 22.3. The van der Waals surface area contributed by atoms with Crippen molar-refractivity contribution in [2.45, 2.75) is 36.8 Å². The number of rotatable bonds is 4. The molecule has 11 heteroatoms. The Hall–Kier alpha value is -2.40. The first-order valence-corrected chi connectivity index (χ1v) is 10.7. The lowest BCUT2D eigenvalue weighted by molar-refractivity contribution is -0.137. The van der Waals surface area contributed by atoms with Crippen molar-refractivity contribution in [3.8, 4) is 0 Å². The number of benzene rings is 1. The molecule has 2 aromatic rings. The molecule has 1 fully saturated rings. The molecule has 1 aliphatic heterocycles. The predicted octanol–water partition coefficient (Wildman–Crippen LogP) is 3.27. The Bertz CT molecular complexity index is 1020. The van der Waals surface area contributed by atoms with Gasteiger partial charge in [-0.1, -0.05) is 0 Å². The molecule has 0 N–H and O–H groups in total. The van der Waals surface area contributed by atoms with Crippen LogP contribution in [0.5, 0.6) is 0 Å². The third-order valence-electron chi connectivity index (χ3n) is 5.04. The van der Waals surface area contributed by atoms with Crippen LogP contribution in [0.1, 0.15) is 46.5 Å². The first kappa shape index (κ1) is 22.3. The highest BCUT2D eigenvalue weighted by Crippen LogP contribution is 2.33. The minimum atomic E-state index is -4.53. The number of amides is 1. The largest absolute Gasteiger partial charge is 0.445 e. The summed E-state index contributed by atoms with van der Waals surface area (Å²) in [5.74, 6) is 0.379. The van der Waals surface area contributed by atoms with E-state index in [-0.39, 0.29) is 35.5 Å². The Morgan fingerprint density at radius 3 is 2.23 bits per heavy atom. The highest BCUT2D eigenvalue weighted by atomic mass is 32.2. The molecule has 0 saturated carbocycles. The molecular weight excluding hydrogens is 423 g/mol. The molecule has 1 aliphatic rings. The molecule has 1 aromatic heterocycles. The van der Waals surface area contributed by atoms with Crippen molar-refractivity contribution in [1.82, 2.24) is 14.2 Å². The van der Waals surface area contributed by atoms with E-state index in [2.05, 4.69) is 4.98 Å². The number of alkyl halides is 3. The number of oxazole rings is 1. The smallest absolute Gasteiger partial charge is 0.416 e. The normalized spacial score (nSPS) is 16.6. The summed E-state index contributed by atoms with van der Waals surface area (Å²) >= 11 is 0. The van der Waals surface area contributed by atoms with E-state index in [9.17, 15) is 26.4 Å². The summed E-state index contributed by atoms with van der Waals surface area (Å²) in [6.45, 7) is 2.00. The average Bonchev–Trinajstić information content (AvgIpc) is 3.08. The van der Waals surface area contributed by atoms with E-state index in [0.717, 1.165) is 24.3 Å². The number of sulfonamides is 1. The van der Waals surface area contributed by atoms with Gasteiger partial charge in [0.15, 0.2) is 11.6 Å². The lowest BCUT2D eigenvalue weighted by Crippen LogP contribution is -2.38. The summed E-state index contributed by atoms with van der Waals surface area (Å²) in [4.78, 5) is 17.6. The van der Waals surface area contributed by atoms with Gasteiger partial charge in [0.05, 0.1) is 10.5 Å². The maximum atomic E-state index is 12.8. The van der Waals surface area contributed by atoms with Gasteiger partial charge in [-0.2, -0.15) is 17.5 Å². The third-order valence-corrected chi connectivity index (χ3v) is 6.96. The quantitative estimate of drug-likeness (QED) is 0.721. The van der Waals surface area contributed by atoms with Gasteiger partial charge in [0.2, 0.25) is 10.0 Å².